The van der Waals surface area contributed by atoms with Gasteiger partial charge in [-0.05, 0) is 68.8 Å². The third-order valence-electron chi connectivity index (χ3n) is 5.67. The summed E-state index contributed by atoms with van der Waals surface area (Å²) in [6.07, 6.45) is 5.58. The van der Waals surface area contributed by atoms with Gasteiger partial charge in [-0.1, -0.05) is 12.1 Å². The van der Waals surface area contributed by atoms with Crippen molar-refractivity contribution < 1.29 is 14.3 Å². The van der Waals surface area contributed by atoms with Gasteiger partial charge in [0.2, 0.25) is 0 Å². The number of rotatable bonds is 7. The fourth-order valence-corrected chi connectivity index (χ4v) is 3.93. The summed E-state index contributed by atoms with van der Waals surface area (Å²) in [6.45, 7) is 4.69. The van der Waals surface area contributed by atoms with Crippen LogP contribution in [0, 0.1) is 5.92 Å². The number of piperidine rings is 1. The smallest absolute Gasteiger partial charge is 0.324 e. The second kappa shape index (κ2) is 11.3. The molecule has 2 saturated heterocycles. The van der Waals surface area contributed by atoms with E-state index in [4.69, 9.17) is 0 Å². The van der Waals surface area contributed by atoms with Crippen molar-refractivity contribution in [1.29, 1.82) is 0 Å². The van der Waals surface area contributed by atoms with Crippen molar-refractivity contribution in [2.45, 2.75) is 38.5 Å². The number of ether oxygens (including phenoxy) is 1. The van der Waals surface area contributed by atoms with Crippen molar-refractivity contribution in [3.8, 4) is 0 Å². The number of carbonyl (C=O) groups excluding carboxylic acids is 2. The van der Waals surface area contributed by atoms with Crippen LogP contribution in [0.5, 0.6) is 0 Å². The Balaban J connectivity index is 0.00000280. The molecule has 0 atom stereocenters. The minimum atomic E-state index is -0.199. The minimum Gasteiger partial charge on any atom is -0.469 e. The van der Waals surface area contributed by atoms with Crippen LogP contribution in [-0.4, -0.2) is 56.7 Å². The number of nitrogens with zero attached hydrogens (tertiary/aromatic N) is 2. The van der Waals surface area contributed by atoms with E-state index < -0.39 is 0 Å². The Morgan fingerprint density at radius 2 is 1.89 bits per heavy atom. The Hall–Kier alpha value is -1.79. The number of hydrogen-bond acceptors (Lipinski definition) is 4. The van der Waals surface area contributed by atoms with Gasteiger partial charge in [-0.25, -0.2) is 4.79 Å². The predicted molar refractivity (Wildman–Crippen MR) is 113 cm³/mol. The summed E-state index contributed by atoms with van der Waals surface area (Å²) in [7, 11) is 1.41. The topological polar surface area (TPSA) is 61.9 Å². The maximum Gasteiger partial charge on any atom is 0.324 e. The summed E-state index contributed by atoms with van der Waals surface area (Å²) >= 11 is 0. The van der Waals surface area contributed by atoms with E-state index in [1.165, 1.54) is 20.0 Å². The molecule has 0 aromatic heterocycles. The number of benzene rings is 1. The number of esters is 1. The van der Waals surface area contributed by atoms with Crippen molar-refractivity contribution in [3.63, 3.8) is 0 Å². The number of urea groups is 1. The first-order chi connectivity index (χ1) is 13.2. The van der Waals surface area contributed by atoms with Crippen LogP contribution in [0.15, 0.2) is 24.3 Å². The lowest BCUT2D eigenvalue weighted by Crippen LogP contribution is -2.50. The third kappa shape index (κ3) is 6.11. The molecule has 0 radical (unpaired) electrons. The lowest BCUT2D eigenvalue weighted by molar-refractivity contribution is -0.140. The maximum atomic E-state index is 12.9. The Bertz CT molecular complexity index is 632. The molecule has 1 aromatic carbocycles. The molecule has 0 unspecified atom stereocenters. The molecule has 2 aliphatic heterocycles. The van der Waals surface area contributed by atoms with Crippen LogP contribution >= 0.6 is 12.4 Å². The summed E-state index contributed by atoms with van der Waals surface area (Å²) in [5.41, 5.74) is 2.02. The zero-order valence-electron chi connectivity index (χ0n) is 16.7. The zero-order chi connectivity index (χ0) is 19.1. The molecule has 1 aromatic rings. The first kappa shape index (κ1) is 22.5. The third-order valence-corrected chi connectivity index (χ3v) is 5.67. The van der Waals surface area contributed by atoms with E-state index in [0.29, 0.717) is 12.8 Å². The van der Waals surface area contributed by atoms with Crippen LogP contribution < -0.4 is 10.2 Å². The molecule has 2 aliphatic rings. The fourth-order valence-electron chi connectivity index (χ4n) is 3.93. The Morgan fingerprint density at radius 1 is 1.18 bits per heavy atom. The Morgan fingerprint density at radius 3 is 2.57 bits per heavy atom. The van der Waals surface area contributed by atoms with E-state index in [9.17, 15) is 9.59 Å². The number of aryl methyl sites for hydroxylation is 1. The van der Waals surface area contributed by atoms with Crippen LogP contribution in [-0.2, 0) is 16.0 Å². The first-order valence-corrected chi connectivity index (χ1v) is 10.1. The highest BCUT2D eigenvalue weighted by molar-refractivity contribution is 5.92. The van der Waals surface area contributed by atoms with Gasteiger partial charge in [0.05, 0.1) is 7.11 Å². The highest BCUT2D eigenvalue weighted by Crippen LogP contribution is 2.23. The Labute approximate surface area is 174 Å². The van der Waals surface area contributed by atoms with Gasteiger partial charge in [0.15, 0.2) is 0 Å². The van der Waals surface area contributed by atoms with Crippen LogP contribution in [0.1, 0.15) is 37.7 Å². The van der Waals surface area contributed by atoms with Crippen LogP contribution in [0.4, 0.5) is 10.5 Å². The van der Waals surface area contributed by atoms with Crippen LogP contribution in [0.3, 0.4) is 0 Å². The first-order valence-electron chi connectivity index (χ1n) is 10.1. The molecule has 0 spiro atoms. The molecule has 0 saturated carbocycles. The summed E-state index contributed by atoms with van der Waals surface area (Å²) < 4.78 is 4.68. The lowest BCUT2D eigenvalue weighted by atomic mass is 9.94. The van der Waals surface area contributed by atoms with E-state index in [2.05, 4.69) is 10.1 Å². The Kier molecular flexibility index (Phi) is 9.06. The summed E-state index contributed by atoms with van der Waals surface area (Å²) in [6, 6.07) is 8.10. The quantitative estimate of drug-likeness (QED) is 0.702. The predicted octanol–water partition coefficient (Wildman–Crippen LogP) is 3.24. The highest BCUT2D eigenvalue weighted by Gasteiger charge is 2.27. The molecule has 1 N–H and O–H groups in total. The van der Waals surface area contributed by atoms with E-state index in [1.54, 1.807) is 0 Å². The molecule has 0 bridgehead atoms. The molecule has 0 aliphatic carbocycles. The van der Waals surface area contributed by atoms with Crippen molar-refractivity contribution in [2.75, 3.05) is 44.7 Å². The molecule has 156 valence electrons. The second-order valence-electron chi connectivity index (χ2n) is 7.50. The maximum absolute atomic E-state index is 12.9. The van der Waals surface area contributed by atoms with Gasteiger partial charge >= 0.3 is 12.0 Å². The van der Waals surface area contributed by atoms with E-state index in [0.717, 1.165) is 62.7 Å². The SMILES string of the molecule is COC(=O)CCc1ccc(N2CCCN(CCC3CCNCC3)C2=O)cc1.Cl. The fraction of sp³-hybridized carbons (Fsp3) is 0.619. The van der Waals surface area contributed by atoms with Crippen LogP contribution in [0.25, 0.3) is 0 Å². The van der Waals surface area contributed by atoms with Gasteiger partial charge in [-0.3, -0.25) is 9.69 Å². The van der Waals surface area contributed by atoms with Gasteiger partial charge in [0.1, 0.15) is 0 Å². The van der Waals surface area contributed by atoms with Crippen molar-refractivity contribution in [2.24, 2.45) is 5.92 Å². The molecule has 2 amide bonds. The number of anilines is 1. The zero-order valence-corrected chi connectivity index (χ0v) is 17.5. The molecule has 3 rings (SSSR count). The molecular formula is C21H32ClN3O3. The molecule has 2 heterocycles. The number of carbonyl (C=O) groups is 2. The number of methoxy groups -OCH3 is 1. The normalized spacial score (nSPS) is 18.0. The van der Waals surface area contributed by atoms with Crippen LogP contribution in [0.2, 0.25) is 0 Å². The largest absolute Gasteiger partial charge is 0.469 e. The van der Waals surface area contributed by atoms with Crippen molar-refractivity contribution in [3.05, 3.63) is 29.8 Å². The van der Waals surface area contributed by atoms with E-state index in [1.807, 2.05) is 34.1 Å². The minimum absolute atomic E-state index is 0. The molecule has 2 fully saturated rings. The molecular weight excluding hydrogens is 378 g/mol. The average molecular weight is 410 g/mol. The standard InChI is InChI=1S/C21H31N3O3.ClH/c1-27-20(25)8-5-17-3-6-19(7-4-17)24-15-2-14-23(21(24)26)16-11-18-9-12-22-13-10-18;/h3-4,6-7,18,22H,2,5,8-16H2,1H3;1H. The van der Waals surface area contributed by atoms with E-state index in [-0.39, 0.29) is 24.4 Å². The summed E-state index contributed by atoms with van der Waals surface area (Å²) in [4.78, 5) is 28.1. The van der Waals surface area contributed by atoms with Crippen molar-refractivity contribution in [1.82, 2.24) is 10.2 Å². The molecule has 7 heteroatoms. The molecule has 28 heavy (non-hydrogen) atoms. The van der Waals surface area contributed by atoms with Gasteiger partial charge < -0.3 is 15.0 Å². The van der Waals surface area contributed by atoms with Gasteiger partial charge in [-0.2, -0.15) is 0 Å². The summed E-state index contributed by atoms with van der Waals surface area (Å²) in [5, 5.41) is 3.40. The summed E-state index contributed by atoms with van der Waals surface area (Å²) in [5.74, 6) is 0.540. The number of halogens is 1. The van der Waals surface area contributed by atoms with Gasteiger partial charge in [0.25, 0.3) is 0 Å². The highest BCUT2D eigenvalue weighted by atomic mass is 35.5. The van der Waals surface area contributed by atoms with Gasteiger partial charge in [0, 0.05) is 31.7 Å². The molecule has 6 nitrogen and oxygen atoms in total. The lowest BCUT2D eigenvalue weighted by Gasteiger charge is -2.36. The number of nitrogens with one attached hydrogen (secondary N) is 1. The number of amides is 2. The number of hydrogen-bond donors (Lipinski definition) is 1. The van der Waals surface area contributed by atoms with Crippen molar-refractivity contribution >= 4 is 30.1 Å². The van der Waals surface area contributed by atoms with Gasteiger partial charge in [-0.15, -0.1) is 12.4 Å². The average Bonchev–Trinajstić information content (AvgIpc) is 2.72. The second-order valence-corrected chi connectivity index (χ2v) is 7.50. The van der Waals surface area contributed by atoms with E-state index >= 15 is 0 Å². The monoisotopic (exact) mass is 409 g/mol.